The van der Waals surface area contributed by atoms with Crippen molar-refractivity contribution in [3.05, 3.63) is 60.2 Å². The van der Waals surface area contributed by atoms with E-state index in [1.165, 1.54) is 5.56 Å². The fourth-order valence-corrected chi connectivity index (χ4v) is 2.06. The Kier molecular flexibility index (Phi) is 5.04. The van der Waals surface area contributed by atoms with Crippen molar-refractivity contribution in [2.24, 2.45) is 0 Å². The fraction of sp³-hybridized carbons (Fsp3) is 0.375. The Balaban J connectivity index is 1.81. The van der Waals surface area contributed by atoms with Gasteiger partial charge in [-0.05, 0) is 26.0 Å². The van der Waals surface area contributed by atoms with E-state index in [1.807, 2.05) is 6.20 Å². The lowest BCUT2D eigenvalue weighted by Gasteiger charge is -2.24. The zero-order valence-corrected chi connectivity index (χ0v) is 11.7. The fourth-order valence-electron chi connectivity index (χ4n) is 2.06. The summed E-state index contributed by atoms with van der Waals surface area (Å²) in [5.74, 6) is 0. The molecule has 1 aromatic carbocycles. The smallest absolute Gasteiger partial charge is 0.0602 e. The third kappa shape index (κ3) is 4.45. The van der Waals surface area contributed by atoms with E-state index in [0.717, 1.165) is 25.1 Å². The van der Waals surface area contributed by atoms with Crippen LogP contribution in [0.1, 0.15) is 18.2 Å². The van der Waals surface area contributed by atoms with Crippen molar-refractivity contribution >= 4 is 0 Å². The van der Waals surface area contributed by atoms with E-state index in [4.69, 9.17) is 0 Å². The van der Waals surface area contributed by atoms with Crippen LogP contribution in [0.4, 0.5) is 0 Å². The number of nitrogens with zero attached hydrogens (tertiary/aromatic N) is 3. The molecule has 3 nitrogen and oxygen atoms in total. The lowest BCUT2D eigenvalue weighted by Crippen LogP contribution is -2.32. The molecule has 0 spiro atoms. The third-order valence-corrected chi connectivity index (χ3v) is 3.47. The maximum absolute atomic E-state index is 4.33. The summed E-state index contributed by atoms with van der Waals surface area (Å²) in [5.41, 5.74) is 2.45. The van der Waals surface area contributed by atoms with E-state index >= 15 is 0 Å². The van der Waals surface area contributed by atoms with E-state index in [-0.39, 0.29) is 0 Å². The molecule has 3 heteroatoms. The summed E-state index contributed by atoms with van der Waals surface area (Å²) in [4.78, 5) is 10.8. The van der Waals surface area contributed by atoms with Gasteiger partial charge in [0.2, 0.25) is 0 Å². The summed E-state index contributed by atoms with van der Waals surface area (Å²) in [6.07, 6.45) is 7.35. The average molecular weight is 255 g/mol. The molecule has 0 fully saturated rings. The molecule has 2 rings (SSSR count). The van der Waals surface area contributed by atoms with Crippen molar-refractivity contribution in [3.63, 3.8) is 0 Å². The normalized spacial score (nSPS) is 12.6. The monoisotopic (exact) mass is 255 g/mol. The van der Waals surface area contributed by atoms with Gasteiger partial charge in [0, 0.05) is 37.6 Å². The predicted octanol–water partition coefficient (Wildman–Crippen LogP) is 2.58. The van der Waals surface area contributed by atoms with Crippen LogP contribution in [0.15, 0.2) is 48.9 Å². The Labute approximate surface area is 115 Å². The molecular weight excluding hydrogens is 234 g/mol. The Hall–Kier alpha value is -1.74. The first-order chi connectivity index (χ1) is 9.25. The molecule has 2 aromatic rings. The van der Waals surface area contributed by atoms with Crippen LogP contribution >= 0.6 is 0 Å². The van der Waals surface area contributed by atoms with Gasteiger partial charge in [0.1, 0.15) is 0 Å². The molecule has 1 unspecified atom stereocenters. The number of hydrogen-bond donors (Lipinski definition) is 0. The number of rotatable bonds is 6. The molecule has 19 heavy (non-hydrogen) atoms. The molecule has 0 saturated heterocycles. The molecule has 0 radical (unpaired) electrons. The van der Waals surface area contributed by atoms with Crippen molar-refractivity contribution in [3.8, 4) is 0 Å². The highest BCUT2D eigenvalue weighted by atomic mass is 15.1. The maximum Gasteiger partial charge on any atom is 0.0602 e. The zero-order chi connectivity index (χ0) is 13.5. The minimum absolute atomic E-state index is 0.473. The molecule has 0 N–H and O–H groups in total. The molecule has 0 amide bonds. The van der Waals surface area contributed by atoms with Gasteiger partial charge in [-0.25, -0.2) is 0 Å². The first-order valence-electron chi connectivity index (χ1n) is 6.75. The van der Waals surface area contributed by atoms with E-state index in [9.17, 15) is 0 Å². The third-order valence-electron chi connectivity index (χ3n) is 3.47. The Bertz CT molecular complexity index is 470. The molecule has 0 bridgehead atoms. The average Bonchev–Trinajstić information content (AvgIpc) is 2.47. The number of benzene rings is 1. The van der Waals surface area contributed by atoms with Crippen molar-refractivity contribution in [1.82, 2.24) is 14.9 Å². The van der Waals surface area contributed by atoms with Crippen LogP contribution in [0.2, 0.25) is 0 Å². The maximum atomic E-state index is 4.33. The van der Waals surface area contributed by atoms with Crippen LogP contribution in [0.3, 0.4) is 0 Å². The summed E-state index contributed by atoms with van der Waals surface area (Å²) in [5, 5.41) is 0. The minimum atomic E-state index is 0.473. The molecular formula is C16H21N3. The van der Waals surface area contributed by atoms with Gasteiger partial charge in [-0.3, -0.25) is 9.97 Å². The Morgan fingerprint density at radius 3 is 2.63 bits per heavy atom. The van der Waals surface area contributed by atoms with Crippen LogP contribution in [0.25, 0.3) is 0 Å². The van der Waals surface area contributed by atoms with Crippen molar-refractivity contribution in [2.75, 3.05) is 13.6 Å². The number of aromatic nitrogens is 2. The van der Waals surface area contributed by atoms with Crippen molar-refractivity contribution in [2.45, 2.75) is 25.8 Å². The van der Waals surface area contributed by atoms with Gasteiger partial charge in [-0.15, -0.1) is 0 Å². The van der Waals surface area contributed by atoms with E-state index < -0.39 is 0 Å². The summed E-state index contributed by atoms with van der Waals surface area (Å²) in [7, 11) is 2.17. The largest absolute Gasteiger partial charge is 0.303 e. The van der Waals surface area contributed by atoms with Crippen LogP contribution in [0, 0.1) is 0 Å². The second-order valence-electron chi connectivity index (χ2n) is 4.97. The number of hydrogen-bond acceptors (Lipinski definition) is 3. The molecule has 0 aliphatic heterocycles. The van der Waals surface area contributed by atoms with E-state index in [0.29, 0.717) is 6.04 Å². The molecule has 1 aromatic heterocycles. The molecule has 1 heterocycles. The lowest BCUT2D eigenvalue weighted by molar-refractivity contribution is 0.258. The summed E-state index contributed by atoms with van der Waals surface area (Å²) in [6.45, 7) is 3.30. The van der Waals surface area contributed by atoms with Crippen molar-refractivity contribution < 1.29 is 0 Å². The standard InChI is InChI=1S/C16H21N3/c1-14(12-16-13-17-9-10-18-16)19(2)11-8-15-6-4-3-5-7-15/h3-7,9-10,13-14H,8,11-12H2,1-2H3. The first kappa shape index (κ1) is 13.7. The SMILES string of the molecule is CC(Cc1cnccn1)N(C)CCc1ccccc1. The van der Waals surface area contributed by atoms with Gasteiger partial charge >= 0.3 is 0 Å². The van der Waals surface area contributed by atoms with Gasteiger partial charge < -0.3 is 4.90 Å². The molecule has 100 valence electrons. The molecule has 0 aliphatic carbocycles. The molecule has 1 atom stereocenters. The summed E-state index contributed by atoms with van der Waals surface area (Å²) >= 11 is 0. The quantitative estimate of drug-likeness (QED) is 0.794. The highest BCUT2D eigenvalue weighted by Gasteiger charge is 2.10. The van der Waals surface area contributed by atoms with Gasteiger partial charge in [-0.2, -0.15) is 0 Å². The number of likely N-dealkylation sites (N-methyl/N-ethyl adjacent to an activating group) is 1. The Morgan fingerprint density at radius 1 is 1.16 bits per heavy atom. The second-order valence-corrected chi connectivity index (χ2v) is 4.97. The summed E-state index contributed by atoms with van der Waals surface area (Å²) < 4.78 is 0. The highest BCUT2D eigenvalue weighted by Crippen LogP contribution is 2.06. The topological polar surface area (TPSA) is 29.0 Å². The van der Waals surface area contributed by atoms with Gasteiger partial charge in [0.05, 0.1) is 5.69 Å². The van der Waals surface area contributed by atoms with Crippen LogP contribution < -0.4 is 0 Å². The lowest BCUT2D eigenvalue weighted by atomic mass is 10.1. The van der Waals surface area contributed by atoms with Gasteiger partial charge in [-0.1, -0.05) is 30.3 Å². The van der Waals surface area contributed by atoms with Gasteiger partial charge in [0.15, 0.2) is 0 Å². The highest BCUT2D eigenvalue weighted by molar-refractivity contribution is 5.14. The van der Waals surface area contributed by atoms with E-state index in [2.05, 4.69) is 59.2 Å². The summed E-state index contributed by atoms with van der Waals surface area (Å²) in [6, 6.07) is 11.1. The molecule has 0 saturated carbocycles. The van der Waals surface area contributed by atoms with Gasteiger partial charge in [0.25, 0.3) is 0 Å². The van der Waals surface area contributed by atoms with Crippen LogP contribution in [-0.4, -0.2) is 34.5 Å². The predicted molar refractivity (Wildman–Crippen MR) is 78.0 cm³/mol. The van der Waals surface area contributed by atoms with E-state index in [1.54, 1.807) is 12.4 Å². The Morgan fingerprint density at radius 2 is 1.95 bits per heavy atom. The van der Waals surface area contributed by atoms with Crippen molar-refractivity contribution in [1.29, 1.82) is 0 Å². The minimum Gasteiger partial charge on any atom is -0.303 e. The van der Waals surface area contributed by atoms with Crippen LogP contribution in [-0.2, 0) is 12.8 Å². The molecule has 0 aliphatic rings. The second kappa shape index (κ2) is 7.00. The van der Waals surface area contributed by atoms with Crippen LogP contribution in [0.5, 0.6) is 0 Å². The first-order valence-corrected chi connectivity index (χ1v) is 6.75. The zero-order valence-electron chi connectivity index (χ0n) is 11.7.